The van der Waals surface area contributed by atoms with Crippen molar-refractivity contribution in [3.05, 3.63) is 52.0 Å². The molecular formula is C25H31Cl2N5O. The first kappa shape index (κ1) is 23.7. The molecule has 0 aliphatic carbocycles. The predicted molar refractivity (Wildman–Crippen MR) is 138 cm³/mol. The van der Waals surface area contributed by atoms with Gasteiger partial charge in [-0.25, -0.2) is 4.98 Å². The van der Waals surface area contributed by atoms with Crippen LogP contribution >= 0.6 is 23.2 Å². The first-order valence-electron chi connectivity index (χ1n) is 11.4. The summed E-state index contributed by atoms with van der Waals surface area (Å²) in [6.45, 7) is 7.00. The number of nitrogens with zero attached hydrogens (tertiary/aromatic N) is 4. The van der Waals surface area contributed by atoms with Gasteiger partial charge in [-0.05, 0) is 50.8 Å². The number of aromatic nitrogens is 2. The van der Waals surface area contributed by atoms with Crippen molar-refractivity contribution in [2.45, 2.75) is 39.3 Å². The molecule has 1 aliphatic rings. The quantitative estimate of drug-likeness (QED) is 0.478. The van der Waals surface area contributed by atoms with Crippen LogP contribution in [0.5, 0.6) is 0 Å². The molecule has 1 aliphatic heterocycles. The van der Waals surface area contributed by atoms with Gasteiger partial charge in [-0.2, -0.15) is 0 Å². The third-order valence-electron chi connectivity index (χ3n) is 6.15. The number of piperidine rings is 1. The van der Waals surface area contributed by atoms with Crippen molar-refractivity contribution in [3.63, 3.8) is 0 Å². The molecule has 2 aromatic carbocycles. The number of halogens is 2. The van der Waals surface area contributed by atoms with Crippen molar-refractivity contribution in [2.75, 3.05) is 37.4 Å². The highest BCUT2D eigenvalue weighted by Crippen LogP contribution is 2.36. The van der Waals surface area contributed by atoms with Crippen molar-refractivity contribution in [1.29, 1.82) is 0 Å². The molecule has 0 unspecified atom stereocenters. The summed E-state index contributed by atoms with van der Waals surface area (Å²) >= 11 is 13.0. The molecule has 1 fully saturated rings. The molecular weight excluding hydrogens is 457 g/mol. The third kappa shape index (κ3) is 4.92. The monoisotopic (exact) mass is 487 g/mol. The summed E-state index contributed by atoms with van der Waals surface area (Å²) in [5, 5.41) is 4.07. The number of amides is 1. The first-order valence-corrected chi connectivity index (χ1v) is 12.2. The number of imidazole rings is 1. The van der Waals surface area contributed by atoms with E-state index in [9.17, 15) is 4.79 Å². The Bertz CT molecular complexity index is 1130. The molecule has 3 aromatic rings. The summed E-state index contributed by atoms with van der Waals surface area (Å²) in [6, 6.07) is 12.6. The van der Waals surface area contributed by atoms with Crippen molar-refractivity contribution in [3.8, 4) is 0 Å². The fourth-order valence-electron chi connectivity index (χ4n) is 4.45. The second kappa shape index (κ2) is 9.82. The molecule has 0 spiro atoms. The zero-order valence-corrected chi connectivity index (χ0v) is 21.1. The van der Waals surface area contributed by atoms with E-state index in [4.69, 9.17) is 28.2 Å². The van der Waals surface area contributed by atoms with Gasteiger partial charge in [0.25, 0.3) is 5.91 Å². The van der Waals surface area contributed by atoms with E-state index in [1.54, 1.807) is 14.1 Å². The molecule has 1 aromatic heterocycles. The van der Waals surface area contributed by atoms with E-state index in [-0.39, 0.29) is 17.0 Å². The maximum absolute atomic E-state index is 12.9. The van der Waals surface area contributed by atoms with Crippen LogP contribution in [0.25, 0.3) is 11.0 Å². The maximum Gasteiger partial charge on any atom is 0.257 e. The Morgan fingerprint density at radius 1 is 1.18 bits per heavy atom. The Labute approximate surface area is 205 Å². The zero-order chi connectivity index (χ0) is 23.7. The minimum absolute atomic E-state index is 0.194. The summed E-state index contributed by atoms with van der Waals surface area (Å²) in [6.07, 6.45) is 2.17. The standard InChI is InChI=1S/C25H31Cl2N5O/c1-16(2)28-25-29-23-20(14-19(26)22(27)21(23)24(33)30(3)4)32(25)15-17-10-12-31(13-11-17)18-8-6-5-7-9-18/h5-9,14,16-17H,10-13,15H2,1-4H3,(H,28,29). The number of carbonyl (C=O) groups is 1. The summed E-state index contributed by atoms with van der Waals surface area (Å²) in [5.41, 5.74) is 3.06. The van der Waals surface area contributed by atoms with Crippen LogP contribution < -0.4 is 10.2 Å². The molecule has 4 rings (SSSR count). The molecule has 1 amide bonds. The van der Waals surface area contributed by atoms with Crippen LogP contribution in [0.4, 0.5) is 11.6 Å². The molecule has 0 atom stereocenters. The molecule has 1 N–H and O–H groups in total. The summed E-state index contributed by atoms with van der Waals surface area (Å²) in [5.74, 6) is 1.04. The van der Waals surface area contributed by atoms with Crippen LogP contribution in [0.15, 0.2) is 36.4 Å². The second-order valence-corrected chi connectivity index (χ2v) is 10.0. The molecule has 6 nitrogen and oxygen atoms in total. The van der Waals surface area contributed by atoms with Crippen molar-refractivity contribution < 1.29 is 4.79 Å². The fraction of sp³-hybridized carbons (Fsp3) is 0.440. The summed E-state index contributed by atoms with van der Waals surface area (Å²) < 4.78 is 2.17. The van der Waals surface area contributed by atoms with Gasteiger partial charge in [0.05, 0.1) is 21.1 Å². The Morgan fingerprint density at radius 3 is 2.45 bits per heavy atom. The lowest BCUT2D eigenvalue weighted by atomic mass is 9.96. The SMILES string of the molecule is CC(C)Nc1nc2c(C(=O)N(C)C)c(Cl)c(Cl)cc2n1CC1CCN(c2ccccc2)CC1. The number of nitrogens with one attached hydrogen (secondary N) is 1. The lowest BCUT2D eigenvalue weighted by Crippen LogP contribution is -2.35. The number of fused-ring (bicyclic) bond motifs is 1. The average molecular weight is 488 g/mol. The normalized spacial score (nSPS) is 14.8. The Hall–Kier alpha value is -2.44. The topological polar surface area (TPSA) is 53.4 Å². The van der Waals surface area contributed by atoms with Crippen LogP contribution in [-0.4, -0.2) is 53.6 Å². The fourth-order valence-corrected chi connectivity index (χ4v) is 4.87. The number of hydrogen-bond acceptors (Lipinski definition) is 4. The minimum atomic E-state index is -0.204. The maximum atomic E-state index is 12.9. The number of carbonyl (C=O) groups excluding carboxylic acids is 1. The predicted octanol–water partition coefficient (Wildman–Crippen LogP) is 5.78. The van der Waals surface area contributed by atoms with Gasteiger partial charge in [0.2, 0.25) is 5.95 Å². The van der Waals surface area contributed by atoms with E-state index in [1.165, 1.54) is 10.6 Å². The Balaban J connectivity index is 1.67. The molecule has 0 radical (unpaired) electrons. The summed E-state index contributed by atoms with van der Waals surface area (Å²) in [4.78, 5) is 21.7. The highest BCUT2D eigenvalue weighted by atomic mass is 35.5. The molecule has 0 bridgehead atoms. The zero-order valence-electron chi connectivity index (χ0n) is 19.6. The van der Waals surface area contributed by atoms with Gasteiger partial charge in [0.1, 0.15) is 5.52 Å². The van der Waals surface area contributed by atoms with Crippen molar-refractivity contribution in [2.24, 2.45) is 5.92 Å². The van der Waals surface area contributed by atoms with E-state index in [2.05, 4.69) is 59.0 Å². The van der Waals surface area contributed by atoms with Crippen molar-refractivity contribution >= 4 is 51.8 Å². The highest BCUT2D eigenvalue weighted by Gasteiger charge is 2.27. The number of para-hydroxylation sites is 1. The lowest BCUT2D eigenvalue weighted by molar-refractivity contribution is 0.0829. The third-order valence-corrected chi connectivity index (χ3v) is 6.94. The van der Waals surface area contributed by atoms with Gasteiger partial charge >= 0.3 is 0 Å². The molecule has 2 heterocycles. The average Bonchev–Trinajstić information content (AvgIpc) is 3.10. The lowest BCUT2D eigenvalue weighted by Gasteiger charge is -2.34. The number of rotatable bonds is 6. The number of benzene rings is 2. The Kier molecular flexibility index (Phi) is 7.05. The van der Waals surface area contributed by atoms with Gasteiger partial charge in [0.15, 0.2) is 0 Å². The molecule has 8 heteroatoms. The van der Waals surface area contributed by atoms with Crippen LogP contribution in [0.2, 0.25) is 10.0 Å². The van der Waals surface area contributed by atoms with Gasteiger partial charge in [-0.1, -0.05) is 41.4 Å². The van der Waals surface area contributed by atoms with Gasteiger partial charge in [0, 0.05) is 45.5 Å². The number of hydrogen-bond donors (Lipinski definition) is 1. The molecule has 1 saturated heterocycles. The largest absolute Gasteiger partial charge is 0.372 e. The highest BCUT2D eigenvalue weighted by molar-refractivity contribution is 6.45. The minimum Gasteiger partial charge on any atom is -0.372 e. The molecule has 176 valence electrons. The van der Waals surface area contributed by atoms with Gasteiger partial charge in [-0.15, -0.1) is 0 Å². The van der Waals surface area contributed by atoms with Gasteiger partial charge < -0.3 is 19.7 Å². The number of anilines is 2. The van der Waals surface area contributed by atoms with Crippen LogP contribution in [0, 0.1) is 5.92 Å². The summed E-state index contributed by atoms with van der Waals surface area (Å²) in [7, 11) is 3.41. The van der Waals surface area contributed by atoms with E-state index in [1.807, 2.05) is 6.07 Å². The van der Waals surface area contributed by atoms with Gasteiger partial charge in [-0.3, -0.25) is 4.79 Å². The molecule has 0 saturated carbocycles. The van der Waals surface area contributed by atoms with E-state index >= 15 is 0 Å². The van der Waals surface area contributed by atoms with E-state index in [0.29, 0.717) is 22.0 Å². The van der Waals surface area contributed by atoms with E-state index in [0.717, 1.165) is 43.9 Å². The molecule has 33 heavy (non-hydrogen) atoms. The van der Waals surface area contributed by atoms with Crippen molar-refractivity contribution in [1.82, 2.24) is 14.5 Å². The first-order chi connectivity index (χ1) is 15.8. The second-order valence-electron chi connectivity index (χ2n) is 9.23. The Morgan fingerprint density at radius 2 is 1.85 bits per heavy atom. The van der Waals surface area contributed by atoms with Crippen LogP contribution in [0.1, 0.15) is 37.0 Å². The van der Waals surface area contributed by atoms with Crippen LogP contribution in [0.3, 0.4) is 0 Å². The smallest absolute Gasteiger partial charge is 0.257 e. The van der Waals surface area contributed by atoms with Crippen LogP contribution in [-0.2, 0) is 6.54 Å². The van der Waals surface area contributed by atoms with E-state index < -0.39 is 0 Å².